The molecule has 3 heteroatoms. The van der Waals surface area contributed by atoms with Crippen LogP contribution in [-0.2, 0) is 13.1 Å². The van der Waals surface area contributed by atoms with Gasteiger partial charge in [-0.05, 0) is 45.3 Å². The van der Waals surface area contributed by atoms with Crippen LogP contribution in [0.1, 0.15) is 56.1 Å². The fourth-order valence-electron chi connectivity index (χ4n) is 3.24. The Morgan fingerprint density at radius 2 is 2.05 bits per heavy atom. The van der Waals surface area contributed by atoms with Crippen LogP contribution < -0.4 is 5.32 Å². The second kappa shape index (κ2) is 7.84. The maximum Gasteiger partial charge on any atom is 0.118 e. The van der Waals surface area contributed by atoms with Gasteiger partial charge < -0.3 is 9.73 Å². The second-order valence-corrected chi connectivity index (χ2v) is 6.28. The summed E-state index contributed by atoms with van der Waals surface area (Å²) in [6, 6.07) is 2.22. The summed E-state index contributed by atoms with van der Waals surface area (Å²) in [6.07, 6.45) is 7.10. The first-order valence-electron chi connectivity index (χ1n) is 8.16. The standard InChI is InChI=1S/C17H30N2O/c1-4-18-11-16-10-17(20-14(16)2)13-19(3)12-15-8-6-5-7-9-15/h10,15,18H,4-9,11-13H2,1-3H3. The van der Waals surface area contributed by atoms with Crippen LogP contribution in [0.4, 0.5) is 0 Å². The Bertz CT molecular complexity index is 394. The van der Waals surface area contributed by atoms with Crippen LogP contribution in [0.3, 0.4) is 0 Å². The number of nitrogens with zero attached hydrogens (tertiary/aromatic N) is 1. The first-order valence-corrected chi connectivity index (χ1v) is 8.16. The third-order valence-corrected chi connectivity index (χ3v) is 4.36. The van der Waals surface area contributed by atoms with Crippen LogP contribution in [0.15, 0.2) is 10.5 Å². The van der Waals surface area contributed by atoms with E-state index in [0.29, 0.717) is 0 Å². The van der Waals surface area contributed by atoms with Crippen molar-refractivity contribution in [1.82, 2.24) is 10.2 Å². The lowest BCUT2D eigenvalue weighted by molar-refractivity contribution is 0.215. The van der Waals surface area contributed by atoms with Gasteiger partial charge in [-0.1, -0.05) is 26.2 Å². The zero-order chi connectivity index (χ0) is 14.4. The summed E-state index contributed by atoms with van der Waals surface area (Å²) >= 11 is 0. The van der Waals surface area contributed by atoms with E-state index in [4.69, 9.17) is 4.42 Å². The molecule has 3 nitrogen and oxygen atoms in total. The molecule has 1 aliphatic rings. The average Bonchev–Trinajstić information content (AvgIpc) is 2.77. The van der Waals surface area contributed by atoms with Crippen molar-refractivity contribution in [3.63, 3.8) is 0 Å². The topological polar surface area (TPSA) is 28.4 Å². The number of aryl methyl sites for hydroxylation is 1. The SMILES string of the molecule is CCNCc1cc(CN(C)CC2CCCCC2)oc1C. The predicted octanol–water partition coefficient (Wildman–Crippen LogP) is 3.71. The molecule has 1 aromatic rings. The van der Waals surface area contributed by atoms with E-state index in [1.54, 1.807) is 0 Å². The van der Waals surface area contributed by atoms with Gasteiger partial charge in [-0.3, -0.25) is 4.90 Å². The summed E-state index contributed by atoms with van der Waals surface area (Å²) in [6.45, 7) is 8.26. The molecule has 114 valence electrons. The van der Waals surface area contributed by atoms with E-state index in [9.17, 15) is 0 Å². The molecule has 20 heavy (non-hydrogen) atoms. The highest BCUT2D eigenvalue weighted by Crippen LogP contribution is 2.25. The van der Waals surface area contributed by atoms with Crippen molar-refractivity contribution in [2.45, 2.75) is 59.0 Å². The highest BCUT2D eigenvalue weighted by Gasteiger charge is 2.16. The molecular formula is C17H30N2O. The summed E-state index contributed by atoms with van der Waals surface area (Å²) in [5.74, 6) is 3.06. The summed E-state index contributed by atoms with van der Waals surface area (Å²) in [7, 11) is 2.22. The fraction of sp³-hybridized carbons (Fsp3) is 0.765. The van der Waals surface area contributed by atoms with Gasteiger partial charge in [0.15, 0.2) is 0 Å². The third kappa shape index (κ3) is 4.64. The van der Waals surface area contributed by atoms with Crippen LogP contribution in [0, 0.1) is 12.8 Å². The highest BCUT2D eigenvalue weighted by molar-refractivity contribution is 5.20. The van der Waals surface area contributed by atoms with Crippen molar-refractivity contribution in [2.75, 3.05) is 20.1 Å². The lowest BCUT2D eigenvalue weighted by Crippen LogP contribution is -2.26. The van der Waals surface area contributed by atoms with Gasteiger partial charge in [0.25, 0.3) is 0 Å². The van der Waals surface area contributed by atoms with Crippen molar-refractivity contribution in [3.8, 4) is 0 Å². The summed E-state index contributed by atoms with van der Waals surface area (Å²) < 4.78 is 5.89. The molecule has 1 aliphatic carbocycles. The van der Waals surface area contributed by atoms with Crippen molar-refractivity contribution in [2.24, 2.45) is 5.92 Å². The minimum Gasteiger partial charge on any atom is -0.465 e. The van der Waals surface area contributed by atoms with E-state index in [1.807, 2.05) is 0 Å². The number of furan rings is 1. The van der Waals surface area contributed by atoms with Crippen molar-refractivity contribution < 1.29 is 4.42 Å². The molecule has 0 bridgehead atoms. The monoisotopic (exact) mass is 278 g/mol. The fourth-order valence-corrected chi connectivity index (χ4v) is 3.24. The normalized spacial score (nSPS) is 17.0. The molecule has 1 heterocycles. The molecule has 0 aliphatic heterocycles. The molecule has 0 radical (unpaired) electrons. The van der Waals surface area contributed by atoms with Gasteiger partial charge in [0.05, 0.1) is 6.54 Å². The maximum absolute atomic E-state index is 5.89. The van der Waals surface area contributed by atoms with Gasteiger partial charge in [0, 0.05) is 18.7 Å². The second-order valence-electron chi connectivity index (χ2n) is 6.28. The van der Waals surface area contributed by atoms with Crippen molar-refractivity contribution in [1.29, 1.82) is 0 Å². The molecular weight excluding hydrogens is 248 g/mol. The molecule has 0 saturated heterocycles. The zero-order valence-corrected chi connectivity index (χ0v) is 13.4. The summed E-state index contributed by atoms with van der Waals surface area (Å²) in [4.78, 5) is 2.42. The number of rotatable bonds is 7. The van der Waals surface area contributed by atoms with E-state index in [-0.39, 0.29) is 0 Å². The van der Waals surface area contributed by atoms with E-state index in [2.05, 4.69) is 37.2 Å². The molecule has 2 rings (SSSR count). The molecule has 1 saturated carbocycles. The molecule has 0 unspecified atom stereocenters. The maximum atomic E-state index is 5.89. The number of hydrogen-bond acceptors (Lipinski definition) is 3. The van der Waals surface area contributed by atoms with E-state index < -0.39 is 0 Å². The zero-order valence-electron chi connectivity index (χ0n) is 13.4. The van der Waals surface area contributed by atoms with E-state index in [1.165, 1.54) is 44.2 Å². The predicted molar refractivity (Wildman–Crippen MR) is 83.7 cm³/mol. The van der Waals surface area contributed by atoms with Crippen LogP contribution in [0.5, 0.6) is 0 Å². The lowest BCUT2D eigenvalue weighted by Gasteiger charge is -2.26. The Morgan fingerprint density at radius 1 is 1.30 bits per heavy atom. The number of hydrogen-bond donors (Lipinski definition) is 1. The average molecular weight is 278 g/mol. The van der Waals surface area contributed by atoms with Crippen molar-refractivity contribution in [3.05, 3.63) is 23.2 Å². The highest BCUT2D eigenvalue weighted by atomic mass is 16.3. The molecule has 1 fully saturated rings. The van der Waals surface area contributed by atoms with Gasteiger partial charge in [0.1, 0.15) is 11.5 Å². The molecule has 1 aromatic heterocycles. The van der Waals surface area contributed by atoms with Crippen LogP contribution >= 0.6 is 0 Å². The molecule has 0 atom stereocenters. The van der Waals surface area contributed by atoms with Gasteiger partial charge >= 0.3 is 0 Å². The smallest absolute Gasteiger partial charge is 0.118 e. The van der Waals surface area contributed by atoms with Gasteiger partial charge in [-0.25, -0.2) is 0 Å². The first kappa shape index (κ1) is 15.6. The Hall–Kier alpha value is -0.800. The quantitative estimate of drug-likeness (QED) is 0.824. The molecule has 0 amide bonds. The van der Waals surface area contributed by atoms with Gasteiger partial charge in [-0.2, -0.15) is 0 Å². The molecule has 1 N–H and O–H groups in total. The van der Waals surface area contributed by atoms with E-state index >= 15 is 0 Å². The first-order chi connectivity index (χ1) is 9.69. The van der Waals surface area contributed by atoms with Crippen LogP contribution in [0.2, 0.25) is 0 Å². The minimum absolute atomic E-state index is 0.894. The Kier molecular flexibility index (Phi) is 6.11. The number of nitrogens with one attached hydrogen (secondary N) is 1. The minimum atomic E-state index is 0.894. The lowest BCUT2D eigenvalue weighted by atomic mass is 9.89. The van der Waals surface area contributed by atoms with E-state index in [0.717, 1.165) is 37.1 Å². The van der Waals surface area contributed by atoms with Crippen LogP contribution in [0.25, 0.3) is 0 Å². The molecule has 0 aromatic carbocycles. The summed E-state index contributed by atoms with van der Waals surface area (Å²) in [5, 5.41) is 3.36. The Balaban J connectivity index is 1.82. The van der Waals surface area contributed by atoms with Crippen molar-refractivity contribution >= 4 is 0 Å². The summed E-state index contributed by atoms with van der Waals surface area (Å²) in [5.41, 5.74) is 1.30. The Labute approximate surface area is 123 Å². The van der Waals surface area contributed by atoms with Crippen LogP contribution in [-0.4, -0.2) is 25.0 Å². The third-order valence-electron chi connectivity index (χ3n) is 4.36. The van der Waals surface area contributed by atoms with Gasteiger partial charge in [0.2, 0.25) is 0 Å². The van der Waals surface area contributed by atoms with Gasteiger partial charge in [-0.15, -0.1) is 0 Å². The largest absolute Gasteiger partial charge is 0.465 e. The molecule has 0 spiro atoms. The Morgan fingerprint density at radius 3 is 2.75 bits per heavy atom.